The molecule has 222 valence electrons. The van der Waals surface area contributed by atoms with Crippen LogP contribution in [0.1, 0.15) is 97.1 Å². The Hall–Kier alpha value is -2.86. The van der Waals surface area contributed by atoms with Crippen LogP contribution in [0.3, 0.4) is 0 Å². The van der Waals surface area contributed by atoms with Gasteiger partial charge in [-0.1, -0.05) is 78.1 Å². The summed E-state index contributed by atoms with van der Waals surface area (Å²) in [6.45, 7) is 4.56. The van der Waals surface area contributed by atoms with Crippen LogP contribution in [-0.2, 0) is 14.2 Å². The molecule has 1 aromatic rings. The molecule has 2 amide bonds. The summed E-state index contributed by atoms with van der Waals surface area (Å²) in [5.41, 5.74) is -1.40. The first-order chi connectivity index (χ1) is 18.9. The van der Waals surface area contributed by atoms with Gasteiger partial charge >= 0.3 is 17.9 Å². The number of carbonyl (C=O) groups is 2. The van der Waals surface area contributed by atoms with Crippen molar-refractivity contribution in [1.82, 2.24) is 20.2 Å². The number of unbranched alkanes of at least 4 members (excludes halogenated alkanes) is 10. The molecule has 1 aromatic heterocycles. The van der Waals surface area contributed by atoms with E-state index in [1.54, 1.807) is 0 Å². The first-order valence-corrected chi connectivity index (χ1v) is 14.4. The highest BCUT2D eigenvalue weighted by Gasteiger charge is 2.50. The number of nitrogens with zero attached hydrogens (tertiary/aromatic N) is 1. The van der Waals surface area contributed by atoms with Crippen molar-refractivity contribution in [1.29, 1.82) is 0 Å². The fourth-order valence-electron chi connectivity index (χ4n) is 4.50. The molecule has 1 aliphatic heterocycles. The topological polar surface area (TPSA) is 161 Å². The van der Waals surface area contributed by atoms with Gasteiger partial charge in [-0.25, -0.2) is 14.4 Å². The molecule has 0 saturated carbocycles. The van der Waals surface area contributed by atoms with E-state index in [0.29, 0.717) is 13.1 Å². The second-order valence-electron chi connectivity index (χ2n) is 9.89. The molecule has 4 atom stereocenters. The van der Waals surface area contributed by atoms with Crippen molar-refractivity contribution >= 4 is 12.2 Å². The number of aliphatic hydroxyl groups excluding tert-OH is 1. The quantitative estimate of drug-likeness (QED) is 0.201. The summed E-state index contributed by atoms with van der Waals surface area (Å²) in [5.74, 6) is 0. The molecule has 12 heteroatoms. The van der Waals surface area contributed by atoms with Crippen molar-refractivity contribution in [3.8, 4) is 0 Å². The van der Waals surface area contributed by atoms with Gasteiger partial charge in [-0.3, -0.25) is 14.3 Å². The molecule has 0 aromatic carbocycles. The summed E-state index contributed by atoms with van der Waals surface area (Å²) in [5, 5.41) is 15.3. The Labute approximate surface area is 229 Å². The number of rotatable bonds is 18. The molecule has 0 radical (unpaired) electrons. The lowest BCUT2D eigenvalue weighted by molar-refractivity contribution is -0.0571. The number of carbonyl (C=O) groups excluding carboxylic acids is 2. The number of hydrogen-bond donors (Lipinski definition) is 4. The van der Waals surface area contributed by atoms with Crippen LogP contribution in [0.2, 0.25) is 0 Å². The predicted molar refractivity (Wildman–Crippen MR) is 146 cm³/mol. The third-order valence-electron chi connectivity index (χ3n) is 6.68. The van der Waals surface area contributed by atoms with Gasteiger partial charge < -0.3 is 30.0 Å². The van der Waals surface area contributed by atoms with E-state index in [1.165, 1.54) is 19.0 Å². The van der Waals surface area contributed by atoms with Crippen LogP contribution in [0.4, 0.5) is 9.59 Å². The van der Waals surface area contributed by atoms with Gasteiger partial charge in [0.15, 0.2) is 18.4 Å². The minimum Gasteiger partial charge on any atom is -0.439 e. The Morgan fingerprint density at radius 1 is 0.872 bits per heavy atom. The monoisotopic (exact) mass is 554 g/mol. The first kappa shape index (κ1) is 32.4. The van der Waals surface area contributed by atoms with Gasteiger partial charge in [0.05, 0.1) is 6.61 Å². The molecule has 0 spiro atoms. The van der Waals surface area contributed by atoms with Crippen molar-refractivity contribution in [2.45, 2.75) is 115 Å². The predicted octanol–water partition coefficient (Wildman–Crippen LogP) is 3.34. The summed E-state index contributed by atoms with van der Waals surface area (Å²) >= 11 is 0. The number of H-pyrrole nitrogens is 1. The molecule has 1 fully saturated rings. The minimum absolute atomic E-state index is 0.398. The van der Waals surface area contributed by atoms with Crippen molar-refractivity contribution < 1.29 is 28.9 Å². The highest BCUT2D eigenvalue weighted by molar-refractivity contribution is 5.68. The van der Waals surface area contributed by atoms with Crippen LogP contribution in [0.25, 0.3) is 0 Å². The molecule has 2 rings (SSSR count). The average Bonchev–Trinajstić information content (AvgIpc) is 3.23. The van der Waals surface area contributed by atoms with E-state index in [1.807, 2.05) is 0 Å². The summed E-state index contributed by atoms with van der Waals surface area (Å²) in [6, 6.07) is 1.12. The molecule has 0 aliphatic carbocycles. The van der Waals surface area contributed by atoms with Gasteiger partial charge in [-0.15, -0.1) is 0 Å². The Balaban J connectivity index is 2.02. The van der Waals surface area contributed by atoms with E-state index in [0.717, 1.165) is 74.8 Å². The number of aromatic amines is 1. The molecule has 1 saturated heterocycles. The maximum Gasteiger partial charge on any atom is 0.407 e. The van der Waals surface area contributed by atoms with E-state index < -0.39 is 54.6 Å². The van der Waals surface area contributed by atoms with Gasteiger partial charge in [0.1, 0.15) is 6.10 Å². The minimum atomic E-state index is -1.25. The zero-order chi connectivity index (χ0) is 28.5. The van der Waals surface area contributed by atoms with Crippen LogP contribution in [-0.4, -0.2) is 64.9 Å². The molecule has 1 aliphatic rings. The van der Waals surface area contributed by atoms with Crippen LogP contribution in [0, 0.1) is 0 Å². The first-order valence-electron chi connectivity index (χ1n) is 14.4. The number of nitrogens with one attached hydrogen (secondary N) is 3. The van der Waals surface area contributed by atoms with E-state index in [2.05, 4.69) is 29.5 Å². The maximum absolute atomic E-state index is 12.6. The normalized spacial score (nSPS) is 20.5. The standard InChI is InChI=1S/C27H46N4O8/c1-3-5-7-9-11-13-16-28-26(35)38-22-20(19-32)37-24(31-18-15-21(33)30-25(31)34)23(22)39-27(36)29-17-14-12-10-8-6-4-2/h15,18,20,22-24,32H,3-14,16-17,19H2,1-2H3,(H,28,35)(H,29,36)(H,30,33,34)/t20-,22-,23-,24-/m1/s1. The lowest BCUT2D eigenvalue weighted by Crippen LogP contribution is -2.45. The van der Waals surface area contributed by atoms with Crippen LogP contribution >= 0.6 is 0 Å². The maximum atomic E-state index is 12.6. The smallest absolute Gasteiger partial charge is 0.407 e. The average molecular weight is 555 g/mol. The molecule has 2 heterocycles. The molecular weight excluding hydrogens is 508 g/mol. The Morgan fingerprint density at radius 3 is 1.90 bits per heavy atom. The van der Waals surface area contributed by atoms with Gasteiger partial charge in [-0.05, 0) is 12.8 Å². The SMILES string of the molecule is CCCCCCCCNC(=O)O[C@@H]1[C@H](OC(=O)NCCCCCCCC)[C@@H](CO)O[C@H]1n1ccc(=O)[nH]c1=O. The van der Waals surface area contributed by atoms with Crippen molar-refractivity contribution in [3.63, 3.8) is 0 Å². The van der Waals surface area contributed by atoms with Gasteiger partial charge in [0, 0.05) is 25.4 Å². The fourth-order valence-corrected chi connectivity index (χ4v) is 4.50. The largest absolute Gasteiger partial charge is 0.439 e. The van der Waals surface area contributed by atoms with E-state index in [9.17, 15) is 24.3 Å². The van der Waals surface area contributed by atoms with Crippen molar-refractivity contribution in [2.75, 3.05) is 19.7 Å². The third kappa shape index (κ3) is 11.4. The van der Waals surface area contributed by atoms with Crippen LogP contribution in [0.15, 0.2) is 21.9 Å². The molecule has 12 nitrogen and oxygen atoms in total. The second kappa shape index (κ2) is 18.4. The lowest BCUT2D eigenvalue weighted by atomic mass is 10.1. The van der Waals surface area contributed by atoms with E-state index in [-0.39, 0.29) is 0 Å². The zero-order valence-electron chi connectivity index (χ0n) is 23.3. The number of alkyl carbamates (subject to hydrolysis) is 2. The summed E-state index contributed by atoms with van der Waals surface area (Å²) in [7, 11) is 0. The number of amides is 2. The molecule has 0 unspecified atom stereocenters. The highest BCUT2D eigenvalue weighted by atomic mass is 16.7. The van der Waals surface area contributed by atoms with Crippen LogP contribution < -0.4 is 21.9 Å². The van der Waals surface area contributed by atoms with E-state index in [4.69, 9.17) is 14.2 Å². The van der Waals surface area contributed by atoms with Gasteiger partial charge in [0.2, 0.25) is 0 Å². The Bertz CT molecular complexity index is 966. The number of aliphatic hydroxyl groups is 1. The second-order valence-corrected chi connectivity index (χ2v) is 9.89. The Kier molecular flexibility index (Phi) is 15.3. The molecule has 4 N–H and O–H groups in total. The highest BCUT2D eigenvalue weighted by Crippen LogP contribution is 2.33. The molecule has 0 bridgehead atoms. The number of aromatic nitrogens is 2. The van der Waals surface area contributed by atoms with E-state index >= 15 is 0 Å². The van der Waals surface area contributed by atoms with Gasteiger partial charge in [-0.2, -0.15) is 0 Å². The lowest BCUT2D eigenvalue weighted by Gasteiger charge is -2.24. The Morgan fingerprint density at radius 2 is 1.38 bits per heavy atom. The van der Waals surface area contributed by atoms with Crippen molar-refractivity contribution in [3.05, 3.63) is 33.1 Å². The number of ether oxygens (including phenoxy) is 3. The van der Waals surface area contributed by atoms with Crippen molar-refractivity contribution in [2.24, 2.45) is 0 Å². The van der Waals surface area contributed by atoms with Crippen LogP contribution in [0.5, 0.6) is 0 Å². The third-order valence-corrected chi connectivity index (χ3v) is 6.68. The number of hydrogen-bond acceptors (Lipinski definition) is 8. The molecule has 39 heavy (non-hydrogen) atoms. The summed E-state index contributed by atoms with van der Waals surface area (Å²) in [6.07, 6.45) is 7.64. The summed E-state index contributed by atoms with van der Waals surface area (Å²) < 4.78 is 18.0. The summed E-state index contributed by atoms with van der Waals surface area (Å²) in [4.78, 5) is 51.3. The zero-order valence-corrected chi connectivity index (χ0v) is 23.3. The fraction of sp³-hybridized carbons (Fsp3) is 0.778. The van der Waals surface area contributed by atoms with Gasteiger partial charge in [0.25, 0.3) is 5.56 Å². The molecular formula is C27H46N4O8.